The molecule has 1 unspecified atom stereocenters. The van der Waals surface area contributed by atoms with Crippen LogP contribution in [0.2, 0.25) is 0 Å². The molecule has 0 spiro atoms. The van der Waals surface area contributed by atoms with Crippen LogP contribution in [0.3, 0.4) is 0 Å². The second kappa shape index (κ2) is 5.91. The van der Waals surface area contributed by atoms with Crippen LogP contribution >= 0.6 is 0 Å². The highest BCUT2D eigenvalue weighted by Crippen LogP contribution is 2.49. The number of hydrogen-bond donors (Lipinski definition) is 1. The van der Waals surface area contributed by atoms with E-state index in [1.807, 2.05) is 0 Å². The van der Waals surface area contributed by atoms with E-state index in [-0.39, 0.29) is 23.3 Å². The van der Waals surface area contributed by atoms with Gasteiger partial charge in [0.2, 0.25) is 0 Å². The van der Waals surface area contributed by atoms with E-state index >= 15 is 0 Å². The van der Waals surface area contributed by atoms with Crippen molar-refractivity contribution in [3.8, 4) is 5.75 Å². The lowest BCUT2D eigenvalue weighted by Crippen LogP contribution is -2.17. The van der Waals surface area contributed by atoms with Crippen molar-refractivity contribution < 1.29 is 23.2 Å². The van der Waals surface area contributed by atoms with Crippen molar-refractivity contribution in [3.05, 3.63) is 29.6 Å². The molecule has 0 saturated heterocycles. The first-order valence-corrected chi connectivity index (χ1v) is 7.82. The molecule has 0 heterocycles. The Bertz CT molecular complexity index is 540. The van der Waals surface area contributed by atoms with Crippen LogP contribution in [0.15, 0.2) is 18.2 Å². The number of methoxy groups -OCH3 is 1. The van der Waals surface area contributed by atoms with Gasteiger partial charge in [0.25, 0.3) is 0 Å². The average Bonchev–Trinajstić information content (AvgIpc) is 3.07. The van der Waals surface area contributed by atoms with Gasteiger partial charge in [-0.05, 0) is 36.0 Å². The number of rotatable bonds is 7. The predicted octanol–water partition coefficient (Wildman–Crippen LogP) is 2.34. The van der Waals surface area contributed by atoms with Gasteiger partial charge in [-0.1, -0.05) is 6.07 Å². The van der Waals surface area contributed by atoms with Crippen molar-refractivity contribution in [2.45, 2.75) is 25.0 Å². The molecule has 1 aromatic rings. The fraction of sp³-hybridized carbons (Fsp3) is 0.500. The summed E-state index contributed by atoms with van der Waals surface area (Å²) in [5.74, 6) is -0.567. The fourth-order valence-electron chi connectivity index (χ4n) is 2.25. The summed E-state index contributed by atoms with van der Waals surface area (Å²) in [5.41, 5.74) is 0.328. The van der Waals surface area contributed by atoms with Gasteiger partial charge >= 0.3 is 5.97 Å². The molecule has 0 amide bonds. The molecular formula is C14H17FO4S. The van der Waals surface area contributed by atoms with E-state index in [0.717, 1.165) is 12.8 Å². The molecule has 1 aromatic carbocycles. The Balaban J connectivity index is 1.95. The lowest BCUT2D eigenvalue weighted by molar-refractivity contribution is -0.138. The molecule has 2 rings (SSSR count). The van der Waals surface area contributed by atoms with Crippen molar-refractivity contribution >= 4 is 16.8 Å². The Morgan fingerprint density at radius 2 is 2.20 bits per heavy atom. The van der Waals surface area contributed by atoms with Crippen LogP contribution in [-0.2, 0) is 21.3 Å². The van der Waals surface area contributed by atoms with Crippen LogP contribution < -0.4 is 4.74 Å². The molecule has 6 heteroatoms. The zero-order chi connectivity index (χ0) is 14.8. The number of benzene rings is 1. The summed E-state index contributed by atoms with van der Waals surface area (Å²) in [6, 6.07) is 4.50. The molecule has 0 bridgehead atoms. The third kappa shape index (κ3) is 3.79. The molecular weight excluding hydrogens is 283 g/mol. The quantitative estimate of drug-likeness (QED) is 0.839. The first-order valence-electron chi connectivity index (χ1n) is 6.33. The van der Waals surface area contributed by atoms with Gasteiger partial charge in [-0.2, -0.15) is 0 Å². The maximum Gasteiger partial charge on any atom is 0.303 e. The van der Waals surface area contributed by atoms with E-state index in [1.165, 1.54) is 19.2 Å². The van der Waals surface area contributed by atoms with Crippen LogP contribution in [0.25, 0.3) is 0 Å². The Morgan fingerprint density at radius 3 is 2.70 bits per heavy atom. The van der Waals surface area contributed by atoms with Gasteiger partial charge < -0.3 is 9.84 Å². The highest BCUT2D eigenvalue weighted by molar-refractivity contribution is 7.84. The van der Waals surface area contributed by atoms with E-state index in [2.05, 4.69) is 0 Å². The summed E-state index contributed by atoms with van der Waals surface area (Å²) >= 11 is 0. The fourth-order valence-corrected chi connectivity index (χ4v) is 3.97. The van der Waals surface area contributed by atoms with Crippen LogP contribution in [0.5, 0.6) is 5.75 Å². The van der Waals surface area contributed by atoms with Gasteiger partial charge in [-0.25, -0.2) is 4.39 Å². The molecule has 110 valence electrons. The topological polar surface area (TPSA) is 63.6 Å². The summed E-state index contributed by atoms with van der Waals surface area (Å²) in [4.78, 5) is 10.7. The first-order chi connectivity index (χ1) is 9.44. The van der Waals surface area contributed by atoms with E-state index in [9.17, 15) is 13.4 Å². The summed E-state index contributed by atoms with van der Waals surface area (Å²) in [6.45, 7) is 0. The highest BCUT2D eigenvalue weighted by Gasteiger charge is 2.45. The third-order valence-electron chi connectivity index (χ3n) is 3.49. The Kier molecular flexibility index (Phi) is 4.42. The molecule has 20 heavy (non-hydrogen) atoms. The second-order valence-corrected chi connectivity index (χ2v) is 6.72. The van der Waals surface area contributed by atoms with Gasteiger partial charge in [0, 0.05) is 22.3 Å². The number of ether oxygens (including phenoxy) is 1. The van der Waals surface area contributed by atoms with Crippen molar-refractivity contribution in [2.24, 2.45) is 5.41 Å². The minimum atomic E-state index is -1.18. The van der Waals surface area contributed by atoms with Gasteiger partial charge in [0.05, 0.1) is 13.5 Å². The number of carboxylic acid groups (broad SMARTS) is 1. The van der Waals surface area contributed by atoms with E-state index in [0.29, 0.717) is 11.3 Å². The molecule has 0 aromatic heterocycles. The summed E-state index contributed by atoms with van der Waals surface area (Å²) in [6.07, 6.45) is 1.68. The van der Waals surface area contributed by atoms with Gasteiger partial charge in [0.1, 0.15) is 0 Å². The van der Waals surface area contributed by atoms with E-state index < -0.39 is 22.6 Å². The number of hydrogen-bond acceptors (Lipinski definition) is 3. The molecule has 1 aliphatic rings. The maximum absolute atomic E-state index is 13.5. The molecule has 1 aliphatic carbocycles. The summed E-state index contributed by atoms with van der Waals surface area (Å²) < 4.78 is 30.4. The zero-order valence-electron chi connectivity index (χ0n) is 11.2. The Morgan fingerprint density at radius 1 is 1.50 bits per heavy atom. The summed E-state index contributed by atoms with van der Waals surface area (Å²) in [5, 5.41) is 8.82. The Labute approximate surface area is 119 Å². The minimum Gasteiger partial charge on any atom is -0.494 e. The number of carbonyl (C=O) groups is 1. The summed E-state index contributed by atoms with van der Waals surface area (Å²) in [7, 11) is 0.206. The zero-order valence-corrected chi connectivity index (χ0v) is 12.0. The normalized spacial score (nSPS) is 17.5. The molecule has 1 atom stereocenters. The first kappa shape index (κ1) is 15.0. The molecule has 1 saturated carbocycles. The largest absolute Gasteiger partial charge is 0.494 e. The number of carboxylic acids is 1. The van der Waals surface area contributed by atoms with E-state index in [4.69, 9.17) is 9.84 Å². The smallest absolute Gasteiger partial charge is 0.303 e. The minimum absolute atomic E-state index is 0.0652. The second-order valence-electron chi connectivity index (χ2n) is 5.27. The molecule has 0 aliphatic heterocycles. The SMILES string of the molecule is COc1ccc(CS(=O)CC2(CC(=O)O)CC2)cc1F. The van der Waals surface area contributed by atoms with Gasteiger partial charge in [-0.15, -0.1) is 0 Å². The third-order valence-corrected chi connectivity index (χ3v) is 5.08. The van der Waals surface area contributed by atoms with Crippen LogP contribution in [-0.4, -0.2) is 28.1 Å². The lowest BCUT2D eigenvalue weighted by atomic mass is 10.1. The van der Waals surface area contributed by atoms with Gasteiger partial charge in [-0.3, -0.25) is 9.00 Å². The van der Waals surface area contributed by atoms with Crippen molar-refractivity contribution in [2.75, 3.05) is 12.9 Å². The number of halogens is 1. The average molecular weight is 300 g/mol. The van der Waals surface area contributed by atoms with E-state index in [1.54, 1.807) is 6.07 Å². The predicted molar refractivity (Wildman–Crippen MR) is 73.6 cm³/mol. The van der Waals surface area contributed by atoms with Crippen LogP contribution in [0, 0.1) is 11.2 Å². The monoisotopic (exact) mass is 300 g/mol. The molecule has 1 fully saturated rings. The standard InChI is InChI=1S/C14H17FO4S/c1-19-12-3-2-10(6-11(12)15)8-20(18)9-14(4-5-14)7-13(16)17/h2-3,6H,4-5,7-9H2,1H3,(H,16,17). The lowest BCUT2D eigenvalue weighted by Gasteiger charge is -2.12. The Hall–Kier alpha value is -1.43. The van der Waals surface area contributed by atoms with Crippen LogP contribution in [0.4, 0.5) is 4.39 Å². The van der Waals surface area contributed by atoms with Gasteiger partial charge in [0.15, 0.2) is 11.6 Å². The molecule has 1 N–H and O–H groups in total. The highest BCUT2D eigenvalue weighted by atomic mass is 32.2. The van der Waals surface area contributed by atoms with Crippen molar-refractivity contribution in [1.82, 2.24) is 0 Å². The maximum atomic E-state index is 13.5. The molecule has 4 nitrogen and oxygen atoms in total. The van der Waals surface area contributed by atoms with Crippen molar-refractivity contribution in [3.63, 3.8) is 0 Å². The molecule has 0 radical (unpaired) electrons. The number of aliphatic carboxylic acids is 1. The van der Waals surface area contributed by atoms with Crippen molar-refractivity contribution in [1.29, 1.82) is 0 Å². The van der Waals surface area contributed by atoms with Crippen LogP contribution in [0.1, 0.15) is 24.8 Å².